The Kier molecular flexibility index (Phi) is 6.66. The first-order chi connectivity index (χ1) is 15.4. The van der Waals surface area contributed by atoms with Crippen molar-refractivity contribution in [1.82, 2.24) is 4.90 Å². The number of nitrogens with zero attached hydrogens (tertiary/aromatic N) is 1. The summed E-state index contributed by atoms with van der Waals surface area (Å²) < 4.78 is 5.99. The van der Waals surface area contributed by atoms with Gasteiger partial charge in [-0.3, -0.25) is 9.59 Å². The summed E-state index contributed by atoms with van der Waals surface area (Å²) in [4.78, 5) is 26.9. The average molecular weight is 451 g/mol. The number of piperidine rings is 1. The van der Waals surface area contributed by atoms with E-state index in [1.54, 1.807) is 12.1 Å². The smallest absolute Gasteiger partial charge is 0.227 e. The number of rotatable bonds is 7. The Morgan fingerprint density at radius 2 is 1.84 bits per heavy atom. The van der Waals surface area contributed by atoms with Gasteiger partial charge in [0.15, 0.2) is 0 Å². The van der Waals surface area contributed by atoms with Gasteiger partial charge in [0.1, 0.15) is 5.75 Å². The quantitative estimate of drug-likeness (QED) is 0.571. The molecule has 1 heterocycles. The van der Waals surface area contributed by atoms with E-state index >= 15 is 0 Å². The fourth-order valence-corrected chi connectivity index (χ4v) is 4.71. The van der Waals surface area contributed by atoms with Gasteiger partial charge in [0.2, 0.25) is 11.8 Å². The second-order valence-corrected chi connectivity index (χ2v) is 9.10. The highest BCUT2D eigenvalue weighted by molar-refractivity contribution is 6.30. The molecule has 1 aliphatic rings. The Labute approximate surface area is 193 Å². The van der Waals surface area contributed by atoms with E-state index in [-0.39, 0.29) is 18.2 Å². The van der Waals surface area contributed by atoms with Gasteiger partial charge < -0.3 is 15.4 Å². The van der Waals surface area contributed by atoms with Gasteiger partial charge in [-0.25, -0.2) is 0 Å². The van der Waals surface area contributed by atoms with Crippen molar-refractivity contribution >= 4 is 34.2 Å². The number of benzene rings is 3. The minimum absolute atomic E-state index is 0.0524. The summed E-state index contributed by atoms with van der Waals surface area (Å²) in [6.07, 6.45) is 2.08. The number of likely N-dealkylation sites (tertiary alicyclic amines) is 1. The number of amides is 2. The number of halogens is 1. The molecule has 0 radical (unpaired) electrons. The molecule has 1 fully saturated rings. The molecule has 1 saturated heterocycles. The van der Waals surface area contributed by atoms with Crippen LogP contribution in [0.3, 0.4) is 0 Å². The van der Waals surface area contributed by atoms with Crippen LogP contribution in [0.2, 0.25) is 5.02 Å². The molecule has 2 N–H and O–H groups in total. The molecule has 1 aliphatic heterocycles. The van der Waals surface area contributed by atoms with Crippen LogP contribution in [0.15, 0.2) is 66.7 Å². The first-order valence-corrected chi connectivity index (χ1v) is 11.2. The van der Waals surface area contributed by atoms with Crippen molar-refractivity contribution in [3.05, 3.63) is 77.3 Å². The topological polar surface area (TPSA) is 72.6 Å². The maximum absolute atomic E-state index is 13.1. The molecule has 1 unspecified atom stereocenters. The first kappa shape index (κ1) is 22.2. The summed E-state index contributed by atoms with van der Waals surface area (Å²) in [5.41, 5.74) is 6.05. The third-order valence-electron chi connectivity index (χ3n) is 6.07. The van der Waals surface area contributed by atoms with Crippen LogP contribution >= 0.6 is 11.6 Å². The lowest BCUT2D eigenvalue weighted by Gasteiger charge is -2.42. The lowest BCUT2D eigenvalue weighted by molar-refractivity contribution is -0.136. The van der Waals surface area contributed by atoms with Crippen LogP contribution in [0.1, 0.15) is 24.8 Å². The molecule has 0 spiro atoms. The Morgan fingerprint density at radius 1 is 1.03 bits per heavy atom. The van der Waals surface area contributed by atoms with Gasteiger partial charge in [-0.2, -0.15) is 0 Å². The summed E-state index contributed by atoms with van der Waals surface area (Å²) in [5.74, 6) is 0.307. The van der Waals surface area contributed by atoms with Crippen LogP contribution in [-0.2, 0) is 16.0 Å². The molecule has 5 nitrogen and oxygen atoms in total. The standard InChI is InChI=1S/C26H27ClN2O3/c27-22-7-3-8-23(15-22)32-18-26(16-24(28)30)11-4-12-29(17-26)25(31)14-19-9-10-20-5-1-2-6-21(20)13-19/h1-3,5-10,13,15H,4,11-12,14,16-18H2,(H2,28,30). The summed E-state index contributed by atoms with van der Waals surface area (Å²) in [6.45, 7) is 1.42. The molecule has 3 aromatic carbocycles. The van der Waals surface area contributed by atoms with E-state index in [9.17, 15) is 9.59 Å². The lowest BCUT2D eigenvalue weighted by atomic mass is 9.77. The molecule has 3 aromatic rings. The highest BCUT2D eigenvalue weighted by Crippen LogP contribution is 2.35. The lowest BCUT2D eigenvalue weighted by Crippen LogP contribution is -2.50. The molecular weight excluding hydrogens is 424 g/mol. The van der Waals surface area contributed by atoms with Crippen molar-refractivity contribution in [3.63, 3.8) is 0 Å². The number of nitrogens with two attached hydrogens (primary N) is 1. The predicted octanol–water partition coefficient (Wildman–Crippen LogP) is 4.60. The van der Waals surface area contributed by atoms with Gasteiger partial charge in [0.25, 0.3) is 0 Å². The van der Waals surface area contributed by atoms with Crippen molar-refractivity contribution in [3.8, 4) is 5.75 Å². The average Bonchev–Trinajstić information content (AvgIpc) is 2.77. The summed E-state index contributed by atoms with van der Waals surface area (Å²) in [7, 11) is 0. The summed E-state index contributed by atoms with van der Waals surface area (Å²) in [6, 6.07) is 21.4. The molecule has 0 bridgehead atoms. The Balaban J connectivity index is 1.47. The van der Waals surface area contributed by atoms with Crippen molar-refractivity contribution in [2.24, 2.45) is 11.1 Å². The zero-order valence-electron chi connectivity index (χ0n) is 17.9. The van der Waals surface area contributed by atoms with E-state index in [4.69, 9.17) is 22.1 Å². The fourth-order valence-electron chi connectivity index (χ4n) is 4.53. The normalized spacial score (nSPS) is 18.5. The Morgan fingerprint density at radius 3 is 2.62 bits per heavy atom. The monoisotopic (exact) mass is 450 g/mol. The molecule has 2 amide bonds. The number of hydrogen-bond donors (Lipinski definition) is 1. The largest absolute Gasteiger partial charge is 0.493 e. The van der Waals surface area contributed by atoms with E-state index in [1.807, 2.05) is 41.3 Å². The number of primary amides is 1. The van der Waals surface area contributed by atoms with Crippen LogP contribution in [0.4, 0.5) is 0 Å². The van der Waals surface area contributed by atoms with E-state index in [2.05, 4.69) is 18.2 Å². The Hall–Kier alpha value is -3.05. The third-order valence-corrected chi connectivity index (χ3v) is 6.31. The molecule has 1 atom stereocenters. The fraction of sp³-hybridized carbons (Fsp3) is 0.308. The van der Waals surface area contributed by atoms with Gasteiger partial charge in [-0.05, 0) is 47.4 Å². The summed E-state index contributed by atoms with van der Waals surface area (Å²) >= 11 is 6.06. The first-order valence-electron chi connectivity index (χ1n) is 10.8. The zero-order chi connectivity index (χ0) is 22.6. The van der Waals surface area contributed by atoms with E-state index in [0.29, 0.717) is 36.9 Å². The maximum Gasteiger partial charge on any atom is 0.227 e. The third kappa shape index (κ3) is 5.40. The van der Waals surface area contributed by atoms with Gasteiger partial charge in [0, 0.05) is 29.9 Å². The molecule has 6 heteroatoms. The number of hydrogen-bond acceptors (Lipinski definition) is 3. The van der Waals surface area contributed by atoms with Crippen LogP contribution < -0.4 is 10.5 Å². The molecule has 0 aliphatic carbocycles. The van der Waals surface area contributed by atoms with Crippen LogP contribution in [0, 0.1) is 5.41 Å². The molecule has 0 saturated carbocycles. The molecule has 32 heavy (non-hydrogen) atoms. The zero-order valence-corrected chi connectivity index (χ0v) is 18.7. The molecule has 4 rings (SSSR count). The van der Waals surface area contributed by atoms with E-state index in [1.165, 1.54) is 0 Å². The van der Waals surface area contributed by atoms with Gasteiger partial charge in [-0.15, -0.1) is 0 Å². The summed E-state index contributed by atoms with van der Waals surface area (Å²) in [5, 5.41) is 2.86. The van der Waals surface area contributed by atoms with Crippen LogP contribution in [0.5, 0.6) is 5.75 Å². The number of fused-ring (bicyclic) bond motifs is 1. The Bertz CT molecular complexity index is 1130. The number of carbonyl (C=O) groups is 2. The minimum atomic E-state index is -0.508. The maximum atomic E-state index is 13.1. The van der Waals surface area contributed by atoms with Crippen molar-refractivity contribution in [2.45, 2.75) is 25.7 Å². The molecule has 0 aromatic heterocycles. The van der Waals surface area contributed by atoms with Crippen molar-refractivity contribution < 1.29 is 14.3 Å². The predicted molar refractivity (Wildman–Crippen MR) is 127 cm³/mol. The van der Waals surface area contributed by atoms with E-state index < -0.39 is 5.41 Å². The van der Waals surface area contributed by atoms with Gasteiger partial charge in [-0.1, -0.05) is 60.1 Å². The highest BCUT2D eigenvalue weighted by atomic mass is 35.5. The van der Waals surface area contributed by atoms with E-state index in [0.717, 1.165) is 29.2 Å². The minimum Gasteiger partial charge on any atom is -0.493 e. The SMILES string of the molecule is NC(=O)CC1(COc2cccc(Cl)c2)CCCN(C(=O)Cc2ccc3ccccc3c2)C1. The van der Waals surface area contributed by atoms with Crippen molar-refractivity contribution in [2.75, 3.05) is 19.7 Å². The number of ether oxygens (including phenoxy) is 1. The van der Waals surface area contributed by atoms with Gasteiger partial charge in [0.05, 0.1) is 13.0 Å². The molecular formula is C26H27ClN2O3. The number of carbonyl (C=O) groups excluding carboxylic acids is 2. The second kappa shape index (κ2) is 9.61. The van der Waals surface area contributed by atoms with Gasteiger partial charge >= 0.3 is 0 Å². The molecule has 166 valence electrons. The highest BCUT2D eigenvalue weighted by Gasteiger charge is 2.39. The van der Waals surface area contributed by atoms with Crippen molar-refractivity contribution in [1.29, 1.82) is 0 Å². The van der Waals surface area contributed by atoms with Crippen LogP contribution in [0.25, 0.3) is 10.8 Å². The second-order valence-electron chi connectivity index (χ2n) is 8.67. The van der Waals surface area contributed by atoms with Crippen LogP contribution in [-0.4, -0.2) is 36.4 Å².